The first-order valence-corrected chi connectivity index (χ1v) is 12.1. The lowest BCUT2D eigenvalue weighted by Gasteiger charge is -2.24. The third kappa shape index (κ3) is 5.21. The molecule has 7 heteroatoms. The van der Waals surface area contributed by atoms with Crippen LogP contribution in [0.2, 0.25) is 0 Å². The lowest BCUT2D eigenvalue weighted by molar-refractivity contribution is -0.132. The number of aromatic amines is 1. The summed E-state index contributed by atoms with van der Waals surface area (Å²) in [5.41, 5.74) is 4.56. The number of likely N-dealkylation sites (tertiary alicyclic amines) is 1. The summed E-state index contributed by atoms with van der Waals surface area (Å²) in [6, 6.07) is 27.9. The van der Waals surface area contributed by atoms with E-state index in [1.54, 1.807) is 17.0 Å². The first-order chi connectivity index (χ1) is 17.6. The van der Waals surface area contributed by atoms with Crippen molar-refractivity contribution in [3.05, 3.63) is 102 Å². The quantitative estimate of drug-likeness (QED) is 0.376. The zero-order valence-corrected chi connectivity index (χ0v) is 19.8. The average molecular weight is 481 g/mol. The molecule has 2 amide bonds. The number of hydrogen-bond acceptors (Lipinski definition) is 4. The first kappa shape index (κ1) is 23.5. The molecule has 0 aliphatic carbocycles. The van der Waals surface area contributed by atoms with Crippen LogP contribution in [0.5, 0.6) is 0 Å². The first-order valence-electron chi connectivity index (χ1n) is 12.1. The summed E-state index contributed by atoms with van der Waals surface area (Å²) in [6.45, 7) is 0.763. The van der Waals surface area contributed by atoms with Crippen molar-refractivity contribution in [2.24, 2.45) is 0 Å². The number of aliphatic hydroxyl groups is 1. The van der Waals surface area contributed by atoms with Crippen molar-refractivity contribution in [2.75, 3.05) is 13.1 Å². The molecule has 3 N–H and O–H groups in total. The third-order valence-corrected chi connectivity index (χ3v) is 6.47. The Kier molecular flexibility index (Phi) is 6.91. The zero-order chi connectivity index (χ0) is 24.9. The summed E-state index contributed by atoms with van der Waals surface area (Å²) in [5, 5.41) is 20.4. The Balaban J connectivity index is 1.41. The Morgan fingerprint density at radius 3 is 2.42 bits per heavy atom. The second kappa shape index (κ2) is 10.6. The van der Waals surface area contributed by atoms with E-state index in [9.17, 15) is 14.7 Å². The van der Waals surface area contributed by atoms with Crippen LogP contribution in [0.25, 0.3) is 22.5 Å². The van der Waals surface area contributed by atoms with E-state index in [0.29, 0.717) is 36.2 Å². The molecule has 1 fully saturated rings. The van der Waals surface area contributed by atoms with Gasteiger partial charge in [-0.15, -0.1) is 0 Å². The second-order valence-corrected chi connectivity index (χ2v) is 9.02. The number of H-pyrrole nitrogens is 1. The molecule has 0 bridgehead atoms. The number of amides is 2. The number of hydrogen-bond donors (Lipinski definition) is 3. The Morgan fingerprint density at radius 1 is 1.00 bits per heavy atom. The molecule has 2 atom stereocenters. The molecule has 182 valence electrons. The van der Waals surface area contributed by atoms with E-state index in [0.717, 1.165) is 16.8 Å². The predicted octanol–water partition coefficient (Wildman–Crippen LogP) is 3.68. The van der Waals surface area contributed by atoms with Gasteiger partial charge in [0.2, 0.25) is 5.91 Å². The number of rotatable bonds is 7. The van der Waals surface area contributed by atoms with Crippen LogP contribution in [0.15, 0.2) is 91.0 Å². The van der Waals surface area contributed by atoms with Gasteiger partial charge < -0.3 is 15.3 Å². The number of benzene rings is 3. The molecule has 0 saturated carbocycles. The zero-order valence-electron chi connectivity index (χ0n) is 19.8. The van der Waals surface area contributed by atoms with Gasteiger partial charge in [0, 0.05) is 30.6 Å². The fraction of sp³-hybridized carbons (Fsp3) is 0.207. The van der Waals surface area contributed by atoms with E-state index in [4.69, 9.17) is 0 Å². The summed E-state index contributed by atoms with van der Waals surface area (Å²) in [6.07, 6.45) is 0.380. The number of nitrogens with zero attached hydrogens (tertiary/aromatic N) is 2. The maximum Gasteiger partial charge on any atom is 0.252 e. The Bertz CT molecular complexity index is 1340. The second-order valence-electron chi connectivity index (χ2n) is 9.02. The summed E-state index contributed by atoms with van der Waals surface area (Å²) in [7, 11) is 0. The molecular formula is C29H28N4O3. The van der Waals surface area contributed by atoms with Gasteiger partial charge in [-0.25, -0.2) is 0 Å². The number of nitrogens with one attached hydrogen (secondary N) is 2. The van der Waals surface area contributed by atoms with Crippen LogP contribution in [-0.4, -0.2) is 57.3 Å². The van der Waals surface area contributed by atoms with Gasteiger partial charge in [-0.1, -0.05) is 78.9 Å². The largest absolute Gasteiger partial charge is 0.391 e. The van der Waals surface area contributed by atoms with Crippen LogP contribution < -0.4 is 5.32 Å². The minimum Gasteiger partial charge on any atom is -0.391 e. The number of carbonyl (C=O) groups excluding carboxylic acids is 2. The molecule has 1 aromatic heterocycles. The molecule has 4 aromatic rings. The highest BCUT2D eigenvalue weighted by Crippen LogP contribution is 2.26. The Morgan fingerprint density at radius 2 is 1.69 bits per heavy atom. The fourth-order valence-electron chi connectivity index (χ4n) is 4.58. The van der Waals surface area contributed by atoms with Gasteiger partial charge in [0.25, 0.3) is 5.91 Å². The van der Waals surface area contributed by atoms with E-state index in [1.165, 1.54) is 0 Å². The van der Waals surface area contributed by atoms with Gasteiger partial charge >= 0.3 is 0 Å². The van der Waals surface area contributed by atoms with Gasteiger partial charge in [-0.3, -0.25) is 14.7 Å². The summed E-state index contributed by atoms with van der Waals surface area (Å²) in [5.74, 6) is -0.531. The molecule has 3 aromatic carbocycles. The van der Waals surface area contributed by atoms with Crippen LogP contribution in [-0.2, 0) is 11.2 Å². The molecule has 1 saturated heterocycles. The van der Waals surface area contributed by atoms with Crippen molar-refractivity contribution in [1.29, 1.82) is 0 Å². The maximum atomic E-state index is 13.5. The summed E-state index contributed by atoms with van der Waals surface area (Å²) in [4.78, 5) is 28.5. The van der Waals surface area contributed by atoms with Gasteiger partial charge in [0.1, 0.15) is 6.04 Å². The topological polar surface area (TPSA) is 98.3 Å². The highest BCUT2D eigenvalue weighted by molar-refractivity contribution is 6.02. The van der Waals surface area contributed by atoms with E-state index >= 15 is 0 Å². The molecule has 1 aliphatic heterocycles. The fourth-order valence-corrected chi connectivity index (χ4v) is 4.58. The predicted molar refractivity (Wildman–Crippen MR) is 138 cm³/mol. The minimum atomic E-state index is -0.752. The Hall–Kier alpha value is -4.23. The van der Waals surface area contributed by atoms with E-state index in [-0.39, 0.29) is 18.4 Å². The van der Waals surface area contributed by atoms with E-state index in [2.05, 4.69) is 15.5 Å². The molecule has 1 aliphatic rings. The number of carbonyl (C=O) groups is 2. The number of aromatic nitrogens is 2. The molecule has 0 unspecified atom stereocenters. The molecule has 36 heavy (non-hydrogen) atoms. The van der Waals surface area contributed by atoms with Crippen LogP contribution in [0, 0.1) is 0 Å². The standard InChI is InChI=1S/C29H28N4O3/c34-22-15-16-33(19-22)29(36)27(17-20-9-3-1-4-10-20)30-28(35)24-14-8-7-13-23(24)26-18-25(31-32-26)21-11-5-2-6-12-21/h1-14,18,22,27,34H,15-17,19H2,(H,30,35)(H,31,32)/t22-,27+/m1/s1. The van der Waals surface area contributed by atoms with Gasteiger partial charge in [-0.2, -0.15) is 5.10 Å². The highest BCUT2D eigenvalue weighted by atomic mass is 16.3. The van der Waals surface area contributed by atoms with Crippen molar-refractivity contribution in [1.82, 2.24) is 20.4 Å². The number of aliphatic hydroxyl groups excluding tert-OH is 1. The lowest BCUT2D eigenvalue weighted by atomic mass is 10.0. The van der Waals surface area contributed by atoms with Crippen molar-refractivity contribution in [2.45, 2.75) is 25.0 Å². The minimum absolute atomic E-state index is 0.188. The number of β-amino-alcohol motifs (C(OH)–C–C–N with tert-alkyl or cyclic N) is 1. The van der Waals surface area contributed by atoms with Crippen LogP contribution in [0.4, 0.5) is 0 Å². The Labute approximate surface area is 209 Å². The van der Waals surface area contributed by atoms with E-state index in [1.807, 2.05) is 78.9 Å². The van der Waals surface area contributed by atoms with Crippen LogP contribution >= 0.6 is 0 Å². The monoisotopic (exact) mass is 480 g/mol. The molecule has 2 heterocycles. The third-order valence-electron chi connectivity index (χ3n) is 6.47. The van der Waals surface area contributed by atoms with Gasteiger partial charge in [-0.05, 0) is 29.7 Å². The molecule has 0 radical (unpaired) electrons. The summed E-state index contributed by atoms with van der Waals surface area (Å²) < 4.78 is 0. The smallest absolute Gasteiger partial charge is 0.252 e. The van der Waals surface area contributed by atoms with Crippen molar-refractivity contribution < 1.29 is 14.7 Å². The normalized spacial score (nSPS) is 16.0. The van der Waals surface area contributed by atoms with Crippen molar-refractivity contribution in [3.63, 3.8) is 0 Å². The average Bonchev–Trinajstić information content (AvgIpc) is 3.59. The molecule has 7 nitrogen and oxygen atoms in total. The SMILES string of the molecule is O=C(N[C@@H](Cc1ccccc1)C(=O)N1CC[C@@H](O)C1)c1ccccc1-c1cc(-c2ccccc2)[nH]n1. The molecular weight excluding hydrogens is 452 g/mol. The lowest BCUT2D eigenvalue weighted by Crippen LogP contribution is -2.49. The maximum absolute atomic E-state index is 13.5. The van der Waals surface area contributed by atoms with Crippen LogP contribution in [0.3, 0.4) is 0 Å². The highest BCUT2D eigenvalue weighted by Gasteiger charge is 2.31. The van der Waals surface area contributed by atoms with Crippen molar-refractivity contribution in [3.8, 4) is 22.5 Å². The van der Waals surface area contributed by atoms with E-state index < -0.39 is 12.1 Å². The molecule has 0 spiro atoms. The van der Waals surface area contributed by atoms with Gasteiger partial charge in [0.15, 0.2) is 0 Å². The van der Waals surface area contributed by atoms with Gasteiger partial charge in [0.05, 0.1) is 17.5 Å². The molecule has 5 rings (SSSR count). The van der Waals surface area contributed by atoms with Crippen LogP contribution in [0.1, 0.15) is 22.3 Å². The van der Waals surface area contributed by atoms with Crippen molar-refractivity contribution >= 4 is 11.8 Å². The summed E-state index contributed by atoms with van der Waals surface area (Å²) >= 11 is 0.